The van der Waals surface area contributed by atoms with Crippen molar-refractivity contribution in [2.75, 3.05) is 6.61 Å². The van der Waals surface area contributed by atoms with Gasteiger partial charge in [-0.05, 0) is 31.0 Å². The maximum absolute atomic E-state index is 11.4. The number of benzene rings is 1. The highest BCUT2D eigenvalue weighted by atomic mass is 16.6. The van der Waals surface area contributed by atoms with Gasteiger partial charge in [-0.15, -0.1) is 0 Å². The Labute approximate surface area is 94.2 Å². The standard InChI is InChI=1S/C11H16N2O3/c1-2-16-13-11(15)10(12)7-8-3-5-9(14)6-4-8/h3-6,10,14H,2,7,12H2,1H3,(H,13,15)/t10-/m1/s1. The first-order valence-electron chi connectivity index (χ1n) is 5.08. The molecule has 0 fully saturated rings. The molecule has 1 atom stereocenters. The first kappa shape index (κ1) is 12.5. The topological polar surface area (TPSA) is 84.6 Å². The number of hydrogen-bond donors (Lipinski definition) is 3. The van der Waals surface area contributed by atoms with Gasteiger partial charge in [0.2, 0.25) is 0 Å². The summed E-state index contributed by atoms with van der Waals surface area (Å²) in [7, 11) is 0. The Morgan fingerprint density at radius 1 is 1.50 bits per heavy atom. The Bertz CT molecular complexity index is 338. The molecule has 0 spiro atoms. The van der Waals surface area contributed by atoms with Gasteiger partial charge in [-0.25, -0.2) is 5.48 Å². The van der Waals surface area contributed by atoms with E-state index in [1.165, 1.54) is 0 Å². The molecular weight excluding hydrogens is 208 g/mol. The minimum Gasteiger partial charge on any atom is -0.508 e. The van der Waals surface area contributed by atoms with Crippen LogP contribution in [0, 0.1) is 0 Å². The van der Waals surface area contributed by atoms with Crippen LogP contribution in [0.25, 0.3) is 0 Å². The Morgan fingerprint density at radius 2 is 2.12 bits per heavy atom. The van der Waals surface area contributed by atoms with Crippen LogP contribution in [-0.2, 0) is 16.1 Å². The van der Waals surface area contributed by atoms with Crippen molar-refractivity contribution in [3.8, 4) is 5.75 Å². The molecule has 16 heavy (non-hydrogen) atoms. The van der Waals surface area contributed by atoms with Gasteiger partial charge in [0, 0.05) is 0 Å². The second-order valence-corrected chi connectivity index (χ2v) is 3.38. The lowest BCUT2D eigenvalue weighted by molar-refractivity contribution is -0.134. The third kappa shape index (κ3) is 3.88. The molecule has 1 aromatic carbocycles. The molecule has 0 bridgehead atoms. The van der Waals surface area contributed by atoms with Crippen LogP contribution in [0.4, 0.5) is 0 Å². The number of carbonyl (C=O) groups excluding carboxylic acids is 1. The lowest BCUT2D eigenvalue weighted by atomic mass is 10.1. The zero-order chi connectivity index (χ0) is 12.0. The number of rotatable bonds is 5. The monoisotopic (exact) mass is 224 g/mol. The van der Waals surface area contributed by atoms with Crippen LogP contribution in [-0.4, -0.2) is 23.7 Å². The first-order chi connectivity index (χ1) is 7.63. The van der Waals surface area contributed by atoms with Crippen LogP contribution in [0.2, 0.25) is 0 Å². The number of nitrogens with two attached hydrogens (primary N) is 1. The van der Waals surface area contributed by atoms with Crippen molar-refractivity contribution in [1.82, 2.24) is 5.48 Å². The summed E-state index contributed by atoms with van der Waals surface area (Å²) >= 11 is 0. The molecule has 0 aromatic heterocycles. The molecule has 0 unspecified atom stereocenters. The molecular formula is C11H16N2O3. The Balaban J connectivity index is 2.47. The van der Waals surface area contributed by atoms with Gasteiger partial charge in [0.1, 0.15) is 5.75 Å². The number of phenolic OH excluding ortho intramolecular Hbond substituents is 1. The molecule has 0 saturated heterocycles. The van der Waals surface area contributed by atoms with Crippen LogP contribution in [0.5, 0.6) is 5.75 Å². The van der Waals surface area contributed by atoms with Crippen LogP contribution < -0.4 is 11.2 Å². The predicted octanol–water partition coefficient (Wildman–Crippen LogP) is 0.330. The van der Waals surface area contributed by atoms with Gasteiger partial charge in [-0.1, -0.05) is 12.1 Å². The highest BCUT2D eigenvalue weighted by molar-refractivity contribution is 5.80. The van der Waals surface area contributed by atoms with E-state index in [9.17, 15) is 4.79 Å². The van der Waals surface area contributed by atoms with Gasteiger partial charge >= 0.3 is 0 Å². The van der Waals surface area contributed by atoms with Gasteiger partial charge in [0.25, 0.3) is 5.91 Å². The minimum absolute atomic E-state index is 0.191. The number of carbonyl (C=O) groups is 1. The third-order valence-corrected chi connectivity index (χ3v) is 2.05. The van der Waals surface area contributed by atoms with Gasteiger partial charge in [-0.3, -0.25) is 9.63 Å². The average Bonchev–Trinajstić information content (AvgIpc) is 2.29. The SMILES string of the molecule is CCONC(=O)[C@H](N)Cc1ccc(O)cc1. The Hall–Kier alpha value is -1.59. The highest BCUT2D eigenvalue weighted by Gasteiger charge is 2.13. The zero-order valence-corrected chi connectivity index (χ0v) is 9.14. The molecule has 1 aromatic rings. The van der Waals surface area contributed by atoms with E-state index < -0.39 is 6.04 Å². The molecule has 5 heteroatoms. The van der Waals surface area contributed by atoms with Gasteiger partial charge in [0.05, 0.1) is 12.6 Å². The lowest BCUT2D eigenvalue weighted by Gasteiger charge is -2.11. The van der Waals surface area contributed by atoms with E-state index in [0.29, 0.717) is 13.0 Å². The van der Waals surface area contributed by atoms with Crippen molar-refractivity contribution in [2.24, 2.45) is 5.73 Å². The zero-order valence-electron chi connectivity index (χ0n) is 9.14. The first-order valence-corrected chi connectivity index (χ1v) is 5.08. The number of nitrogens with one attached hydrogen (secondary N) is 1. The molecule has 0 heterocycles. The highest BCUT2D eigenvalue weighted by Crippen LogP contribution is 2.10. The number of hydrogen-bond acceptors (Lipinski definition) is 4. The van der Waals surface area contributed by atoms with E-state index in [0.717, 1.165) is 5.56 Å². The fourth-order valence-electron chi connectivity index (χ4n) is 1.20. The molecule has 0 aliphatic rings. The van der Waals surface area contributed by atoms with E-state index in [2.05, 4.69) is 5.48 Å². The maximum Gasteiger partial charge on any atom is 0.260 e. The number of amides is 1. The fourth-order valence-corrected chi connectivity index (χ4v) is 1.20. The van der Waals surface area contributed by atoms with Crippen molar-refractivity contribution in [3.05, 3.63) is 29.8 Å². The quantitative estimate of drug-likeness (QED) is 0.629. The van der Waals surface area contributed by atoms with Crippen LogP contribution in [0.15, 0.2) is 24.3 Å². The summed E-state index contributed by atoms with van der Waals surface area (Å²) in [6.07, 6.45) is 0.402. The summed E-state index contributed by atoms with van der Waals surface area (Å²) in [4.78, 5) is 16.1. The summed E-state index contributed by atoms with van der Waals surface area (Å²) in [6.45, 7) is 2.17. The minimum atomic E-state index is -0.656. The number of hydroxylamine groups is 1. The summed E-state index contributed by atoms with van der Waals surface area (Å²) in [6, 6.07) is 5.91. The molecule has 1 rings (SSSR count). The predicted molar refractivity (Wildman–Crippen MR) is 59.6 cm³/mol. The van der Waals surface area contributed by atoms with E-state index in [1.807, 2.05) is 0 Å². The van der Waals surface area contributed by atoms with E-state index in [4.69, 9.17) is 15.7 Å². The smallest absolute Gasteiger partial charge is 0.260 e. The summed E-state index contributed by atoms with van der Waals surface area (Å²) in [5, 5.41) is 9.09. The number of phenols is 1. The van der Waals surface area contributed by atoms with E-state index >= 15 is 0 Å². The van der Waals surface area contributed by atoms with Gasteiger partial charge in [-0.2, -0.15) is 0 Å². The van der Waals surface area contributed by atoms with E-state index in [1.54, 1.807) is 31.2 Å². The molecule has 0 aliphatic carbocycles. The fraction of sp³-hybridized carbons (Fsp3) is 0.364. The summed E-state index contributed by atoms with van der Waals surface area (Å²) < 4.78 is 0. The Kier molecular flexibility index (Phi) is 4.75. The van der Waals surface area contributed by atoms with Crippen LogP contribution in [0.3, 0.4) is 0 Å². The molecule has 1 amide bonds. The molecule has 5 nitrogen and oxygen atoms in total. The molecule has 0 aliphatic heterocycles. The van der Waals surface area contributed by atoms with Crippen molar-refractivity contribution >= 4 is 5.91 Å². The summed E-state index contributed by atoms with van der Waals surface area (Å²) in [5.41, 5.74) is 8.81. The van der Waals surface area contributed by atoms with Crippen molar-refractivity contribution in [2.45, 2.75) is 19.4 Å². The molecule has 0 saturated carbocycles. The van der Waals surface area contributed by atoms with Crippen LogP contribution in [0.1, 0.15) is 12.5 Å². The largest absolute Gasteiger partial charge is 0.508 e. The molecule has 0 radical (unpaired) electrons. The van der Waals surface area contributed by atoms with Crippen molar-refractivity contribution in [1.29, 1.82) is 0 Å². The second-order valence-electron chi connectivity index (χ2n) is 3.38. The van der Waals surface area contributed by atoms with Crippen molar-refractivity contribution < 1.29 is 14.7 Å². The normalized spacial score (nSPS) is 12.1. The number of aromatic hydroxyl groups is 1. The second kappa shape index (κ2) is 6.09. The lowest BCUT2D eigenvalue weighted by Crippen LogP contribution is -2.41. The van der Waals surface area contributed by atoms with Crippen LogP contribution >= 0.6 is 0 Å². The third-order valence-electron chi connectivity index (χ3n) is 2.05. The van der Waals surface area contributed by atoms with E-state index in [-0.39, 0.29) is 11.7 Å². The average molecular weight is 224 g/mol. The molecule has 4 N–H and O–H groups in total. The maximum atomic E-state index is 11.4. The van der Waals surface area contributed by atoms with Crippen molar-refractivity contribution in [3.63, 3.8) is 0 Å². The summed E-state index contributed by atoms with van der Waals surface area (Å²) in [5.74, 6) is -0.161. The van der Waals surface area contributed by atoms with Gasteiger partial charge < -0.3 is 10.8 Å². The van der Waals surface area contributed by atoms with Gasteiger partial charge in [0.15, 0.2) is 0 Å². The molecule has 88 valence electrons. The Morgan fingerprint density at radius 3 is 2.69 bits per heavy atom.